The van der Waals surface area contributed by atoms with Gasteiger partial charge in [-0.25, -0.2) is 0 Å². The maximum atomic E-state index is 5.95. The predicted octanol–water partition coefficient (Wildman–Crippen LogP) is 3.29. The lowest BCUT2D eigenvalue weighted by Crippen LogP contribution is -2.49. The summed E-state index contributed by atoms with van der Waals surface area (Å²) in [6, 6.07) is 0.623. The van der Waals surface area contributed by atoms with Gasteiger partial charge in [-0.3, -0.25) is 4.90 Å². The molecule has 0 bridgehead atoms. The number of piperidine rings is 1. The number of hydrogen-bond donors (Lipinski definition) is 1. The first-order valence-electron chi connectivity index (χ1n) is 8.44. The lowest BCUT2D eigenvalue weighted by Gasteiger charge is -2.39. The number of nitrogens with one attached hydrogen (secondary N) is 1. The molecule has 1 saturated heterocycles. The lowest BCUT2D eigenvalue weighted by atomic mass is 9.97. The monoisotopic (exact) mass is 284 g/mol. The molecule has 0 saturated carbocycles. The molecule has 0 spiro atoms. The van der Waals surface area contributed by atoms with Gasteiger partial charge in [-0.1, -0.05) is 13.8 Å². The fourth-order valence-corrected chi connectivity index (χ4v) is 2.75. The number of nitrogens with zero attached hydrogens (tertiary/aromatic N) is 1. The molecule has 3 atom stereocenters. The molecule has 1 aliphatic rings. The summed E-state index contributed by atoms with van der Waals surface area (Å²) in [7, 11) is 0. The lowest BCUT2D eigenvalue weighted by molar-refractivity contribution is -0.0171. The summed E-state index contributed by atoms with van der Waals surface area (Å²) >= 11 is 0. The van der Waals surface area contributed by atoms with Crippen molar-refractivity contribution in [2.45, 2.75) is 78.5 Å². The van der Waals surface area contributed by atoms with Crippen molar-refractivity contribution < 1.29 is 4.74 Å². The molecule has 3 unspecified atom stereocenters. The molecule has 3 nitrogen and oxygen atoms in total. The Hall–Kier alpha value is -0.120. The summed E-state index contributed by atoms with van der Waals surface area (Å²) in [5.74, 6) is 0.666. The largest absolute Gasteiger partial charge is 0.377 e. The molecular formula is C17H36N2O. The Morgan fingerprint density at radius 1 is 1.30 bits per heavy atom. The molecule has 0 aromatic heterocycles. The molecule has 1 rings (SSSR count). The van der Waals surface area contributed by atoms with Crippen molar-refractivity contribution in [3.63, 3.8) is 0 Å². The summed E-state index contributed by atoms with van der Waals surface area (Å²) in [5, 5.41) is 3.63. The van der Waals surface area contributed by atoms with Gasteiger partial charge in [0.2, 0.25) is 0 Å². The molecule has 0 radical (unpaired) electrons. The summed E-state index contributed by atoms with van der Waals surface area (Å²) in [5.41, 5.74) is 0.211. The molecule has 1 aliphatic heterocycles. The van der Waals surface area contributed by atoms with E-state index in [1.54, 1.807) is 0 Å². The highest BCUT2D eigenvalue weighted by Gasteiger charge is 2.27. The second kappa shape index (κ2) is 8.35. The Bertz CT molecular complexity index is 262. The van der Waals surface area contributed by atoms with Crippen LogP contribution >= 0.6 is 0 Å². The average Bonchev–Trinajstić information content (AvgIpc) is 2.41. The molecule has 0 aromatic carbocycles. The van der Waals surface area contributed by atoms with E-state index < -0.39 is 0 Å². The normalized spacial score (nSPS) is 24.6. The van der Waals surface area contributed by atoms with Crippen molar-refractivity contribution in [1.82, 2.24) is 10.2 Å². The van der Waals surface area contributed by atoms with Gasteiger partial charge in [0.05, 0.1) is 6.10 Å². The number of ether oxygens (including phenoxy) is 1. The van der Waals surface area contributed by atoms with E-state index in [1.807, 2.05) is 0 Å². The van der Waals surface area contributed by atoms with Crippen molar-refractivity contribution in [1.29, 1.82) is 0 Å². The van der Waals surface area contributed by atoms with Crippen LogP contribution in [0, 0.1) is 5.92 Å². The van der Waals surface area contributed by atoms with Crippen LogP contribution in [0.25, 0.3) is 0 Å². The van der Waals surface area contributed by atoms with Crippen LogP contribution in [0.2, 0.25) is 0 Å². The number of rotatable bonds is 7. The standard InChI is InChI=1S/C17H36N2O/c1-7-11-20-16-9-8-10-19(13-16)15(3)14(2)12-18-17(4,5)6/h14-16,18H,7-13H2,1-6H3. The van der Waals surface area contributed by atoms with Crippen LogP contribution in [0.4, 0.5) is 0 Å². The molecule has 0 amide bonds. The van der Waals surface area contributed by atoms with Gasteiger partial charge in [0.15, 0.2) is 0 Å². The highest BCUT2D eigenvalue weighted by molar-refractivity contribution is 4.82. The van der Waals surface area contributed by atoms with Gasteiger partial charge < -0.3 is 10.1 Å². The van der Waals surface area contributed by atoms with E-state index in [9.17, 15) is 0 Å². The fourth-order valence-electron chi connectivity index (χ4n) is 2.75. The summed E-state index contributed by atoms with van der Waals surface area (Å²) in [6.45, 7) is 18.0. The van der Waals surface area contributed by atoms with Crippen LogP contribution in [0.1, 0.15) is 60.8 Å². The van der Waals surface area contributed by atoms with Gasteiger partial charge in [-0.15, -0.1) is 0 Å². The molecule has 20 heavy (non-hydrogen) atoms. The van der Waals surface area contributed by atoms with E-state index in [1.165, 1.54) is 19.4 Å². The van der Waals surface area contributed by atoms with E-state index in [4.69, 9.17) is 4.74 Å². The summed E-state index contributed by atoms with van der Waals surface area (Å²) in [6.07, 6.45) is 4.09. The van der Waals surface area contributed by atoms with Gasteiger partial charge >= 0.3 is 0 Å². The third kappa shape index (κ3) is 6.55. The highest BCUT2D eigenvalue weighted by Crippen LogP contribution is 2.20. The van der Waals surface area contributed by atoms with E-state index in [-0.39, 0.29) is 5.54 Å². The maximum absolute atomic E-state index is 5.95. The molecule has 1 heterocycles. The first kappa shape index (κ1) is 17.9. The van der Waals surface area contributed by atoms with Gasteiger partial charge in [-0.2, -0.15) is 0 Å². The van der Waals surface area contributed by atoms with Crippen LogP contribution in [0.3, 0.4) is 0 Å². The number of hydrogen-bond acceptors (Lipinski definition) is 3. The molecule has 3 heteroatoms. The molecule has 0 aromatic rings. The van der Waals surface area contributed by atoms with E-state index in [0.717, 1.165) is 26.1 Å². The third-order valence-electron chi connectivity index (χ3n) is 4.32. The Labute approximate surface area is 126 Å². The second-order valence-electron chi connectivity index (χ2n) is 7.48. The Morgan fingerprint density at radius 2 is 2.00 bits per heavy atom. The first-order valence-corrected chi connectivity index (χ1v) is 8.44. The van der Waals surface area contributed by atoms with Crippen LogP contribution < -0.4 is 5.32 Å². The summed E-state index contributed by atoms with van der Waals surface area (Å²) < 4.78 is 5.95. The minimum absolute atomic E-state index is 0.211. The van der Waals surface area contributed by atoms with Crippen LogP contribution in [0.5, 0.6) is 0 Å². The Morgan fingerprint density at radius 3 is 2.60 bits per heavy atom. The number of likely N-dealkylation sites (tertiary alicyclic amines) is 1. The fraction of sp³-hybridized carbons (Fsp3) is 1.00. The minimum atomic E-state index is 0.211. The van der Waals surface area contributed by atoms with Crippen LogP contribution in [-0.2, 0) is 4.74 Å². The van der Waals surface area contributed by atoms with Crippen molar-refractivity contribution in [3.05, 3.63) is 0 Å². The molecule has 0 aliphatic carbocycles. The SMILES string of the molecule is CCCOC1CCCN(C(C)C(C)CNC(C)(C)C)C1. The molecule has 1 fully saturated rings. The third-order valence-corrected chi connectivity index (χ3v) is 4.32. The smallest absolute Gasteiger partial charge is 0.0702 e. The van der Waals surface area contributed by atoms with E-state index in [2.05, 4.69) is 51.8 Å². The van der Waals surface area contributed by atoms with Crippen molar-refractivity contribution in [2.75, 3.05) is 26.2 Å². The average molecular weight is 284 g/mol. The first-order chi connectivity index (χ1) is 9.33. The van der Waals surface area contributed by atoms with Gasteiger partial charge in [0, 0.05) is 24.7 Å². The van der Waals surface area contributed by atoms with Crippen molar-refractivity contribution in [3.8, 4) is 0 Å². The van der Waals surface area contributed by atoms with Crippen molar-refractivity contribution in [2.24, 2.45) is 5.92 Å². The van der Waals surface area contributed by atoms with Crippen molar-refractivity contribution >= 4 is 0 Å². The van der Waals surface area contributed by atoms with E-state index in [0.29, 0.717) is 18.1 Å². The van der Waals surface area contributed by atoms with Crippen LogP contribution in [0.15, 0.2) is 0 Å². The molecule has 1 N–H and O–H groups in total. The summed E-state index contributed by atoms with van der Waals surface area (Å²) in [4.78, 5) is 2.62. The minimum Gasteiger partial charge on any atom is -0.377 e. The maximum Gasteiger partial charge on any atom is 0.0702 e. The zero-order valence-electron chi connectivity index (χ0n) is 14.5. The highest BCUT2D eigenvalue weighted by atomic mass is 16.5. The van der Waals surface area contributed by atoms with Crippen LogP contribution in [-0.4, -0.2) is 48.8 Å². The quantitative estimate of drug-likeness (QED) is 0.776. The zero-order chi connectivity index (χ0) is 15.2. The molecule has 120 valence electrons. The van der Waals surface area contributed by atoms with Gasteiger partial charge in [-0.05, 0) is 66.0 Å². The van der Waals surface area contributed by atoms with Gasteiger partial charge in [0.25, 0.3) is 0 Å². The Kier molecular flexibility index (Phi) is 7.49. The second-order valence-corrected chi connectivity index (χ2v) is 7.48. The molecular weight excluding hydrogens is 248 g/mol. The predicted molar refractivity (Wildman–Crippen MR) is 87.2 cm³/mol. The van der Waals surface area contributed by atoms with E-state index >= 15 is 0 Å². The zero-order valence-corrected chi connectivity index (χ0v) is 14.5. The Balaban J connectivity index is 2.39. The van der Waals surface area contributed by atoms with Gasteiger partial charge in [0.1, 0.15) is 0 Å². The topological polar surface area (TPSA) is 24.5 Å².